The molecule has 5 nitrogen and oxygen atoms in total. The van der Waals surface area contributed by atoms with Crippen LogP contribution in [0.5, 0.6) is 0 Å². The Morgan fingerprint density at radius 2 is 1.45 bits per heavy atom. The van der Waals surface area contributed by atoms with Crippen LogP contribution < -0.4 is 9.80 Å². The van der Waals surface area contributed by atoms with Gasteiger partial charge in [0.05, 0.1) is 0 Å². The van der Waals surface area contributed by atoms with E-state index in [0.29, 0.717) is 13.1 Å². The minimum atomic E-state index is -0.110. The van der Waals surface area contributed by atoms with Gasteiger partial charge in [-0.1, -0.05) is 24.3 Å². The molecule has 29 heavy (non-hydrogen) atoms. The van der Waals surface area contributed by atoms with Crippen molar-refractivity contribution in [1.29, 1.82) is 0 Å². The highest BCUT2D eigenvalue weighted by Crippen LogP contribution is 2.25. The largest absolute Gasteiger partial charge is 0.368 e. The molecule has 1 aliphatic rings. The van der Waals surface area contributed by atoms with Crippen molar-refractivity contribution < 1.29 is 9.59 Å². The smallest absolute Gasteiger partial charge is 0.242 e. The molecular weight excluding hydrogens is 362 g/mol. The molecule has 5 heteroatoms. The third-order valence-electron chi connectivity index (χ3n) is 6.09. The van der Waals surface area contributed by atoms with E-state index in [-0.39, 0.29) is 18.4 Å². The molecule has 1 heterocycles. The molecule has 3 rings (SSSR count). The van der Waals surface area contributed by atoms with Gasteiger partial charge in [0.2, 0.25) is 11.8 Å². The van der Waals surface area contributed by atoms with Crippen LogP contribution in [-0.2, 0) is 9.59 Å². The zero-order valence-corrected chi connectivity index (χ0v) is 18.2. The van der Waals surface area contributed by atoms with E-state index in [2.05, 4.69) is 36.9 Å². The first-order valence-corrected chi connectivity index (χ1v) is 10.2. The zero-order chi connectivity index (χ0) is 21.1. The van der Waals surface area contributed by atoms with E-state index < -0.39 is 0 Å². The highest BCUT2D eigenvalue weighted by molar-refractivity contribution is 5.98. The first-order valence-electron chi connectivity index (χ1n) is 10.2. The molecule has 0 saturated carbocycles. The van der Waals surface area contributed by atoms with E-state index in [1.54, 1.807) is 4.90 Å². The minimum Gasteiger partial charge on any atom is -0.368 e. The van der Waals surface area contributed by atoms with E-state index in [4.69, 9.17) is 0 Å². The van der Waals surface area contributed by atoms with Gasteiger partial charge in [-0.3, -0.25) is 9.59 Å². The number of carbonyl (C=O) groups is 2. The lowest BCUT2D eigenvalue weighted by Gasteiger charge is -2.38. The molecule has 0 aliphatic carbocycles. The van der Waals surface area contributed by atoms with E-state index in [1.165, 1.54) is 23.7 Å². The van der Waals surface area contributed by atoms with E-state index in [1.807, 2.05) is 36.9 Å². The lowest BCUT2D eigenvalue weighted by atomic mass is 10.1. The maximum absolute atomic E-state index is 13.0. The van der Waals surface area contributed by atoms with Gasteiger partial charge in [0.15, 0.2) is 0 Å². The van der Waals surface area contributed by atoms with Crippen LogP contribution in [-0.4, -0.2) is 49.4 Å². The molecule has 0 N–H and O–H groups in total. The van der Waals surface area contributed by atoms with Crippen molar-refractivity contribution in [1.82, 2.24) is 4.90 Å². The Morgan fingerprint density at radius 1 is 0.862 bits per heavy atom. The summed E-state index contributed by atoms with van der Waals surface area (Å²) in [7, 11) is 0. The Balaban J connectivity index is 1.67. The number of piperazine rings is 1. The third-order valence-corrected chi connectivity index (χ3v) is 6.09. The Bertz CT molecular complexity index is 914. The topological polar surface area (TPSA) is 43.9 Å². The van der Waals surface area contributed by atoms with Gasteiger partial charge in [-0.25, -0.2) is 0 Å². The zero-order valence-electron chi connectivity index (χ0n) is 18.2. The highest BCUT2D eigenvalue weighted by Gasteiger charge is 2.25. The molecule has 154 valence electrons. The lowest BCUT2D eigenvalue weighted by Crippen LogP contribution is -2.52. The van der Waals surface area contributed by atoms with Crippen LogP contribution in [0.25, 0.3) is 0 Å². The van der Waals surface area contributed by atoms with Crippen molar-refractivity contribution in [2.24, 2.45) is 0 Å². The Kier molecular flexibility index (Phi) is 6.26. The van der Waals surface area contributed by atoms with Gasteiger partial charge in [-0.2, -0.15) is 0 Å². The molecule has 2 aromatic rings. The SMILES string of the molecule is CC(=O)N(CC(=O)N1CCN(c2cccc(C)c2C)CC1)c1cccc(C)c1C. The fourth-order valence-corrected chi connectivity index (χ4v) is 3.90. The van der Waals surface area contributed by atoms with Crippen LogP contribution in [0.2, 0.25) is 0 Å². The van der Waals surface area contributed by atoms with Gasteiger partial charge < -0.3 is 14.7 Å². The van der Waals surface area contributed by atoms with Gasteiger partial charge in [0, 0.05) is 44.5 Å². The molecule has 2 aromatic carbocycles. The minimum absolute atomic E-state index is 0.00159. The number of rotatable bonds is 4. The van der Waals surface area contributed by atoms with E-state index in [9.17, 15) is 9.59 Å². The summed E-state index contributed by atoms with van der Waals surface area (Å²) in [4.78, 5) is 31.1. The van der Waals surface area contributed by atoms with Gasteiger partial charge >= 0.3 is 0 Å². The summed E-state index contributed by atoms with van der Waals surface area (Å²) < 4.78 is 0. The van der Waals surface area contributed by atoms with Gasteiger partial charge in [-0.15, -0.1) is 0 Å². The third kappa shape index (κ3) is 4.44. The molecule has 0 radical (unpaired) electrons. The molecule has 0 atom stereocenters. The number of nitrogens with zero attached hydrogens (tertiary/aromatic N) is 3. The molecule has 0 aromatic heterocycles. The first kappa shape index (κ1) is 20.9. The average molecular weight is 394 g/mol. The first-order chi connectivity index (χ1) is 13.8. The molecule has 0 spiro atoms. The predicted molar refractivity (Wildman–Crippen MR) is 119 cm³/mol. The van der Waals surface area contributed by atoms with Crippen LogP contribution in [0.15, 0.2) is 36.4 Å². The van der Waals surface area contributed by atoms with Crippen LogP contribution in [0.3, 0.4) is 0 Å². The maximum Gasteiger partial charge on any atom is 0.242 e. The standard InChI is InChI=1S/C24H31N3O2/c1-17-8-6-10-22(19(17)3)25-12-14-26(15-13-25)24(29)16-27(21(5)28)23-11-7-9-18(2)20(23)4/h6-11H,12-16H2,1-5H3. The summed E-state index contributed by atoms with van der Waals surface area (Å²) in [5.74, 6) is -0.109. The molecule has 1 fully saturated rings. The maximum atomic E-state index is 13.0. The van der Waals surface area contributed by atoms with Crippen molar-refractivity contribution in [3.8, 4) is 0 Å². The van der Waals surface area contributed by atoms with Gasteiger partial charge in [0.1, 0.15) is 6.54 Å². The number of amides is 2. The van der Waals surface area contributed by atoms with E-state index in [0.717, 1.165) is 29.9 Å². The van der Waals surface area contributed by atoms with Gasteiger partial charge in [0.25, 0.3) is 0 Å². The molecule has 0 bridgehead atoms. The molecular formula is C24H31N3O2. The van der Waals surface area contributed by atoms with E-state index >= 15 is 0 Å². The van der Waals surface area contributed by atoms with Crippen molar-refractivity contribution in [3.05, 3.63) is 58.7 Å². The normalized spacial score (nSPS) is 14.1. The number of hydrogen-bond acceptors (Lipinski definition) is 3. The second-order valence-electron chi connectivity index (χ2n) is 7.91. The van der Waals surface area contributed by atoms with Crippen molar-refractivity contribution >= 4 is 23.2 Å². The Morgan fingerprint density at radius 3 is 2.07 bits per heavy atom. The number of benzene rings is 2. The molecule has 1 saturated heterocycles. The molecule has 0 unspecified atom stereocenters. The van der Waals surface area contributed by atoms with Crippen molar-refractivity contribution in [2.75, 3.05) is 42.5 Å². The van der Waals surface area contributed by atoms with Crippen molar-refractivity contribution in [3.63, 3.8) is 0 Å². The number of anilines is 2. The fraction of sp³-hybridized carbons (Fsp3) is 0.417. The predicted octanol–water partition coefficient (Wildman–Crippen LogP) is 3.62. The molecule has 1 aliphatic heterocycles. The summed E-state index contributed by atoms with van der Waals surface area (Å²) >= 11 is 0. The quantitative estimate of drug-likeness (QED) is 0.797. The summed E-state index contributed by atoms with van der Waals surface area (Å²) in [6.07, 6.45) is 0. The number of carbonyl (C=O) groups excluding carboxylic acids is 2. The number of hydrogen-bond donors (Lipinski definition) is 0. The Labute approximate surface area is 173 Å². The van der Waals surface area contributed by atoms with Crippen molar-refractivity contribution in [2.45, 2.75) is 34.6 Å². The summed E-state index contributed by atoms with van der Waals surface area (Å²) in [6, 6.07) is 12.2. The van der Waals surface area contributed by atoms with Crippen LogP contribution in [0.1, 0.15) is 29.2 Å². The highest BCUT2D eigenvalue weighted by atomic mass is 16.2. The average Bonchev–Trinajstić information content (AvgIpc) is 2.70. The van der Waals surface area contributed by atoms with Crippen LogP contribution in [0.4, 0.5) is 11.4 Å². The van der Waals surface area contributed by atoms with Gasteiger partial charge in [-0.05, 0) is 62.1 Å². The lowest BCUT2D eigenvalue weighted by molar-refractivity contribution is -0.131. The summed E-state index contributed by atoms with van der Waals surface area (Å²) in [5.41, 5.74) is 6.80. The summed E-state index contributed by atoms with van der Waals surface area (Å²) in [5, 5.41) is 0. The fourth-order valence-electron chi connectivity index (χ4n) is 3.90. The second-order valence-corrected chi connectivity index (χ2v) is 7.91. The Hall–Kier alpha value is -2.82. The molecule has 2 amide bonds. The summed E-state index contributed by atoms with van der Waals surface area (Å²) in [6.45, 7) is 12.9. The van der Waals surface area contributed by atoms with Crippen LogP contribution in [0, 0.1) is 27.7 Å². The van der Waals surface area contributed by atoms with Crippen LogP contribution >= 0.6 is 0 Å². The second kappa shape index (κ2) is 8.68. The number of aryl methyl sites for hydroxylation is 2. The monoisotopic (exact) mass is 393 g/mol.